The number of hydrogen-bond donors (Lipinski definition) is 2. The van der Waals surface area contributed by atoms with Crippen molar-refractivity contribution in [3.8, 4) is 0 Å². The number of aromatic nitrogens is 2. The van der Waals surface area contributed by atoms with Gasteiger partial charge in [0.2, 0.25) is 0 Å². The second-order valence-electron chi connectivity index (χ2n) is 4.65. The van der Waals surface area contributed by atoms with Crippen molar-refractivity contribution >= 4 is 11.9 Å². The molecule has 2 rings (SSSR count). The van der Waals surface area contributed by atoms with Crippen molar-refractivity contribution in [3.05, 3.63) is 22.7 Å². The number of hydrogen-bond acceptors (Lipinski definition) is 7. The molecule has 9 nitrogen and oxygen atoms in total. The van der Waals surface area contributed by atoms with Gasteiger partial charge in [0.05, 0.1) is 19.8 Å². The lowest BCUT2D eigenvalue weighted by atomic mass is 10.4. The molecule has 1 aliphatic rings. The van der Waals surface area contributed by atoms with Gasteiger partial charge in [-0.25, -0.2) is 9.59 Å². The third-order valence-corrected chi connectivity index (χ3v) is 2.98. The predicted octanol–water partition coefficient (Wildman–Crippen LogP) is 0.456. The third-order valence-electron chi connectivity index (χ3n) is 2.98. The molecule has 1 amide bonds. The van der Waals surface area contributed by atoms with Gasteiger partial charge in [-0.15, -0.1) is 0 Å². The number of nitrogens with one attached hydrogen (secondary N) is 1. The van der Waals surface area contributed by atoms with Gasteiger partial charge in [0.1, 0.15) is 5.82 Å². The van der Waals surface area contributed by atoms with Crippen LogP contribution in [0.2, 0.25) is 0 Å². The summed E-state index contributed by atoms with van der Waals surface area (Å²) >= 11 is 0. The lowest BCUT2D eigenvalue weighted by Gasteiger charge is -2.12. The lowest BCUT2D eigenvalue weighted by molar-refractivity contribution is -0.0992. The second kappa shape index (κ2) is 7.87. The molecule has 1 aromatic heterocycles. The predicted molar refractivity (Wildman–Crippen MR) is 75.3 cm³/mol. The smallest absolute Gasteiger partial charge is 0.412 e. The summed E-state index contributed by atoms with van der Waals surface area (Å²) in [6, 6.07) is 1.46. The molecule has 0 bridgehead atoms. The summed E-state index contributed by atoms with van der Waals surface area (Å²) < 4.78 is 16.6. The van der Waals surface area contributed by atoms with Crippen molar-refractivity contribution in [3.63, 3.8) is 0 Å². The van der Waals surface area contributed by atoms with E-state index in [9.17, 15) is 9.59 Å². The number of rotatable bonds is 6. The van der Waals surface area contributed by atoms with Crippen molar-refractivity contribution in [2.75, 3.05) is 25.1 Å². The first kappa shape index (κ1) is 16.4. The third kappa shape index (κ3) is 4.26. The molecule has 1 aromatic rings. The van der Waals surface area contributed by atoms with Gasteiger partial charge in [0, 0.05) is 6.20 Å². The minimum absolute atomic E-state index is 0.0976. The summed E-state index contributed by atoms with van der Waals surface area (Å²) in [5.74, 6) is 0.0976. The normalized spacial score (nSPS) is 20.8. The van der Waals surface area contributed by atoms with Crippen molar-refractivity contribution in [1.29, 1.82) is 0 Å². The van der Waals surface area contributed by atoms with E-state index in [1.807, 2.05) is 6.92 Å². The zero-order valence-electron chi connectivity index (χ0n) is 12.2. The van der Waals surface area contributed by atoms with E-state index in [4.69, 9.17) is 19.3 Å². The molecule has 1 aliphatic heterocycles. The quantitative estimate of drug-likeness (QED) is 0.733. The number of ether oxygens (including phenoxy) is 3. The average Bonchev–Trinajstić information content (AvgIpc) is 2.96. The summed E-state index contributed by atoms with van der Waals surface area (Å²) in [5.41, 5.74) is -0.599. The largest absolute Gasteiger partial charge is 0.449 e. The molecular formula is C13H19N3O6. The lowest BCUT2D eigenvalue weighted by Crippen LogP contribution is -2.29. The Bertz CT molecular complexity index is 561. The molecule has 0 aromatic carbocycles. The van der Waals surface area contributed by atoms with Gasteiger partial charge in [-0.05, 0) is 12.5 Å². The average molecular weight is 313 g/mol. The van der Waals surface area contributed by atoms with E-state index in [1.54, 1.807) is 0 Å². The number of carbonyl (C=O) groups is 1. The molecule has 2 heterocycles. The van der Waals surface area contributed by atoms with Crippen molar-refractivity contribution in [2.45, 2.75) is 32.3 Å². The van der Waals surface area contributed by atoms with Gasteiger partial charge >= 0.3 is 11.8 Å². The molecular weight excluding hydrogens is 294 g/mol. The van der Waals surface area contributed by atoms with Crippen molar-refractivity contribution < 1.29 is 24.1 Å². The van der Waals surface area contributed by atoms with Crippen LogP contribution in [0.25, 0.3) is 0 Å². The highest BCUT2D eigenvalue weighted by Crippen LogP contribution is 2.19. The molecule has 0 radical (unpaired) electrons. The summed E-state index contributed by atoms with van der Waals surface area (Å²) in [5, 5.41) is 11.3. The second-order valence-corrected chi connectivity index (χ2v) is 4.65. The van der Waals surface area contributed by atoms with E-state index in [-0.39, 0.29) is 19.0 Å². The van der Waals surface area contributed by atoms with E-state index >= 15 is 0 Å². The first-order valence-corrected chi connectivity index (χ1v) is 7.05. The maximum atomic E-state index is 11.9. The Balaban J connectivity index is 1.95. The van der Waals surface area contributed by atoms with Gasteiger partial charge < -0.3 is 19.3 Å². The first-order chi connectivity index (χ1) is 10.6. The first-order valence-electron chi connectivity index (χ1n) is 7.05. The summed E-state index contributed by atoms with van der Waals surface area (Å²) in [6.07, 6.45) is 1.07. The zero-order valence-corrected chi connectivity index (χ0v) is 12.2. The molecule has 1 saturated heterocycles. The minimum atomic E-state index is -0.747. The topological polar surface area (TPSA) is 112 Å². The molecule has 0 spiro atoms. The van der Waals surface area contributed by atoms with Crippen LogP contribution in [0.4, 0.5) is 10.6 Å². The number of aliphatic hydroxyl groups is 1. The molecule has 9 heteroatoms. The van der Waals surface area contributed by atoms with Gasteiger partial charge in [-0.2, -0.15) is 4.98 Å². The number of carbonyl (C=O) groups excluding carboxylic acids is 1. The van der Waals surface area contributed by atoms with Gasteiger partial charge in [0.25, 0.3) is 0 Å². The van der Waals surface area contributed by atoms with Crippen LogP contribution in [0.3, 0.4) is 0 Å². The van der Waals surface area contributed by atoms with E-state index in [0.717, 1.165) is 12.8 Å². The fourth-order valence-corrected chi connectivity index (χ4v) is 1.84. The van der Waals surface area contributed by atoms with Crippen LogP contribution >= 0.6 is 0 Å². The van der Waals surface area contributed by atoms with E-state index in [2.05, 4.69) is 10.3 Å². The number of nitrogens with zero attached hydrogens (tertiary/aromatic N) is 2. The van der Waals surface area contributed by atoms with E-state index < -0.39 is 24.3 Å². The van der Waals surface area contributed by atoms with Crippen molar-refractivity contribution in [1.82, 2.24) is 9.55 Å². The number of amides is 1. The number of aliphatic hydroxyl groups excluding tert-OH is 1. The van der Waals surface area contributed by atoms with Gasteiger partial charge in [0.15, 0.2) is 12.5 Å². The van der Waals surface area contributed by atoms with Crippen LogP contribution in [0.1, 0.15) is 26.0 Å². The minimum Gasteiger partial charge on any atom is -0.449 e. The summed E-state index contributed by atoms with van der Waals surface area (Å²) in [6.45, 7) is 2.15. The molecule has 122 valence electrons. The SMILES string of the molecule is CCCCOC(=O)Nc1ccn(C2COC(CO)O2)c(=O)n1. The van der Waals surface area contributed by atoms with Gasteiger partial charge in [-0.3, -0.25) is 9.88 Å². The standard InChI is InChI=1S/C13H19N3O6/c1-2-3-6-20-13(19)15-9-4-5-16(12(18)14-9)10-8-21-11(7-17)22-10/h4-5,10-11,17H,2-3,6-8H2,1H3,(H,14,15,18,19). The zero-order chi connectivity index (χ0) is 15.9. The van der Waals surface area contributed by atoms with E-state index in [0.29, 0.717) is 6.61 Å². The van der Waals surface area contributed by atoms with Crippen molar-refractivity contribution in [2.24, 2.45) is 0 Å². The molecule has 2 unspecified atom stereocenters. The highest BCUT2D eigenvalue weighted by atomic mass is 16.7. The Labute approximate surface area is 126 Å². The van der Waals surface area contributed by atoms with Crippen LogP contribution in [-0.4, -0.2) is 46.9 Å². The van der Waals surface area contributed by atoms with Crippen LogP contribution in [0.15, 0.2) is 17.1 Å². The van der Waals surface area contributed by atoms with Gasteiger partial charge in [-0.1, -0.05) is 13.3 Å². The summed E-state index contributed by atoms with van der Waals surface area (Å²) in [4.78, 5) is 27.1. The van der Waals surface area contributed by atoms with Crippen LogP contribution in [0, 0.1) is 0 Å². The molecule has 1 fully saturated rings. The molecule has 2 atom stereocenters. The molecule has 0 saturated carbocycles. The maximum Gasteiger partial charge on any atom is 0.412 e. The summed E-state index contributed by atoms with van der Waals surface area (Å²) in [7, 11) is 0. The number of anilines is 1. The highest BCUT2D eigenvalue weighted by molar-refractivity contribution is 5.83. The Morgan fingerprint density at radius 2 is 2.45 bits per heavy atom. The Morgan fingerprint density at radius 1 is 1.64 bits per heavy atom. The van der Waals surface area contributed by atoms with Crippen LogP contribution in [0.5, 0.6) is 0 Å². The number of unbranched alkanes of at least 4 members (excludes halogenated alkanes) is 1. The Hall–Kier alpha value is -1.97. The van der Waals surface area contributed by atoms with E-state index in [1.165, 1.54) is 16.8 Å². The Kier molecular flexibility index (Phi) is 5.87. The monoisotopic (exact) mass is 313 g/mol. The molecule has 22 heavy (non-hydrogen) atoms. The molecule has 2 N–H and O–H groups in total. The van der Waals surface area contributed by atoms with Crippen LogP contribution in [-0.2, 0) is 14.2 Å². The maximum absolute atomic E-state index is 11.9. The van der Waals surface area contributed by atoms with Crippen LogP contribution < -0.4 is 11.0 Å². The Morgan fingerprint density at radius 3 is 3.09 bits per heavy atom. The molecule has 0 aliphatic carbocycles. The fraction of sp³-hybridized carbons (Fsp3) is 0.615. The highest BCUT2D eigenvalue weighted by Gasteiger charge is 2.27. The fourth-order valence-electron chi connectivity index (χ4n) is 1.84.